The second kappa shape index (κ2) is 10.1. The SMILES string of the molecule is CCC(O)(CC)C(=O)NC(C[C@H]1CCC2=Cc3c(cnn3-c3ccc(F)cc3)C[C@@]21C)c1ccc(C)cc1. The third kappa shape index (κ3) is 4.71. The van der Waals surface area contributed by atoms with E-state index < -0.39 is 5.60 Å². The predicted octanol–water partition coefficient (Wildman–Crippen LogP) is 6.47. The lowest BCUT2D eigenvalue weighted by Crippen LogP contribution is -2.47. The van der Waals surface area contributed by atoms with E-state index in [1.807, 2.05) is 24.7 Å². The number of carbonyl (C=O) groups is 1. The van der Waals surface area contributed by atoms with Gasteiger partial charge in [-0.3, -0.25) is 4.79 Å². The van der Waals surface area contributed by atoms with E-state index >= 15 is 0 Å². The average molecular weight is 516 g/mol. The Morgan fingerprint density at radius 3 is 2.53 bits per heavy atom. The largest absolute Gasteiger partial charge is 0.380 e. The molecule has 5 rings (SSSR count). The summed E-state index contributed by atoms with van der Waals surface area (Å²) in [6.07, 6.45) is 8.69. The van der Waals surface area contributed by atoms with Gasteiger partial charge < -0.3 is 10.4 Å². The van der Waals surface area contributed by atoms with Crippen molar-refractivity contribution in [1.29, 1.82) is 0 Å². The minimum Gasteiger partial charge on any atom is -0.380 e. The molecule has 2 aliphatic rings. The third-order valence-corrected chi connectivity index (χ3v) is 9.12. The van der Waals surface area contributed by atoms with Crippen LogP contribution in [0.3, 0.4) is 0 Å². The zero-order valence-electron chi connectivity index (χ0n) is 22.8. The molecule has 2 aromatic carbocycles. The number of amides is 1. The van der Waals surface area contributed by atoms with Gasteiger partial charge in [-0.2, -0.15) is 5.10 Å². The summed E-state index contributed by atoms with van der Waals surface area (Å²) in [5, 5.41) is 18.8. The first-order chi connectivity index (χ1) is 18.2. The van der Waals surface area contributed by atoms with E-state index in [1.54, 1.807) is 12.1 Å². The number of nitrogens with one attached hydrogen (secondary N) is 1. The quantitative estimate of drug-likeness (QED) is 0.361. The van der Waals surface area contributed by atoms with Gasteiger partial charge in [0.05, 0.1) is 23.6 Å². The van der Waals surface area contributed by atoms with Gasteiger partial charge in [-0.1, -0.05) is 56.2 Å². The van der Waals surface area contributed by atoms with Gasteiger partial charge in [0, 0.05) is 0 Å². The Kier molecular flexibility index (Phi) is 7.03. The van der Waals surface area contributed by atoms with Gasteiger partial charge in [-0.25, -0.2) is 9.07 Å². The van der Waals surface area contributed by atoms with Crippen molar-refractivity contribution < 1.29 is 14.3 Å². The fraction of sp³-hybridized carbons (Fsp3) is 0.438. The monoisotopic (exact) mass is 515 g/mol. The van der Waals surface area contributed by atoms with E-state index in [2.05, 4.69) is 54.6 Å². The molecule has 6 heteroatoms. The summed E-state index contributed by atoms with van der Waals surface area (Å²) in [4.78, 5) is 13.2. The second-order valence-electron chi connectivity index (χ2n) is 11.4. The molecule has 200 valence electrons. The van der Waals surface area contributed by atoms with Gasteiger partial charge in [0.15, 0.2) is 0 Å². The highest BCUT2D eigenvalue weighted by molar-refractivity contribution is 5.85. The van der Waals surface area contributed by atoms with Gasteiger partial charge in [0.25, 0.3) is 5.91 Å². The van der Waals surface area contributed by atoms with Crippen LogP contribution in [0.2, 0.25) is 0 Å². The molecule has 2 aliphatic carbocycles. The van der Waals surface area contributed by atoms with Crippen LogP contribution in [0.4, 0.5) is 4.39 Å². The predicted molar refractivity (Wildman–Crippen MR) is 148 cm³/mol. The summed E-state index contributed by atoms with van der Waals surface area (Å²) >= 11 is 0. The average Bonchev–Trinajstić information content (AvgIpc) is 3.46. The number of allylic oxidation sites excluding steroid dienone is 1. The van der Waals surface area contributed by atoms with Gasteiger partial charge >= 0.3 is 0 Å². The summed E-state index contributed by atoms with van der Waals surface area (Å²) in [6, 6.07) is 14.6. The minimum absolute atomic E-state index is 0.0385. The second-order valence-corrected chi connectivity index (χ2v) is 11.4. The first kappa shape index (κ1) is 26.4. The molecule has 3 atom stereocenters. The van der Waals surface area contributed by atoms with E-state index in [1.165, 1.54) is 28.8 Å². The van der Waals surface area contributed by atoms with Gasteiger partial charge in [-0.15, -0.1) is 0 Å². The van der Waals surface area contributed by atoms with E-state index in [-0.39, 0.29) is 23.2 Å². The van der Waals surface area contributed by atoms with Crippen LogP contribution in [0, 0.1) is 24.1 Å². The Morgan fingerprint density at radius 1 is 1.18 bits per heavy atom. The van der Waals surface area contributed by atoms with Crippen LogP contribution in [0.15, 0.2) is 60.3 Å². The molecule has 1 unspecified atom stereocenters. The summed E-state index contributed by atoms with van der Waals surface area (Å²) in [5.74, 6) is -0.191. The Balaban J connectivity index is 1.42. The van der Waals surface area contributed by atoms with E-state index in [0.717, 1.165) is 42.6 Å². The Hall–Kier alpha value is -3.25. The van der Waals surface area contributed by atoms with Crippen LogP contribution >= 0.6 is 0 Å². The van der Waals surface area contributed by atoms with E-state index in [9.17, 15) is 14.3 Å². The van der Waals surface area contributed by atoms with Crippen LogP contribution in [-0.2, 0) is 11.2 Å². The minimum atomic E-state index is -1.36. The molecule has 1 heterocycles. The molecule has 1 fully saturated rings. The van der Waals surface area contributed by atoms with Crippen molar-refractivity contribution in [1.82, 2.24) is 15.1 Å². The van der Waals surface area contributed by atoms with Gasteiger partial charge in [0.1, 0.15) is 11.4 Å². The maximum Gasteiger partial charge on any atom is 0.252 e. The van der Waals surface area contributed by atoms with Crippen LogP contribution in [0.25, 0.3) is 11.8 Å². The highest BCUT2D eigenvalue weighted by atomic mass is 19.1. The number of rotatable bonds is 8. The Morgan fingerprint density at radius 2 is 1.87 bits per heavy atom. The van der Waals surface area contributed by atoms with Crippen molar-refractivity contribution >= 4 is 12.0 Å². The smallest absolute Gasteiger partial charge is 0.252 e. The van der Waals surface area contributed by atoms with Crippen LogP contribution in [-0.4, -0.2) is 26.4 Å². The van der Waals surface area contributed by atoms with E-state index in [0.29, 0.717) is 18.8 Å². The maximum atomic E-state index is 13.5. The molecule has 0 spiro atoms. The Labute approximate surface area is 224 Å². The number of halogens is 1. The number of aromatic nitrogens is 2. The number of aliphatic hydroxyl groups is 1. The van der Waals surface area contributed by atoms with Crippen molar-refractivity contribution in [3.63, 3.8) is 0 Å². The number of fused-ring (bicyclic) bond motifs is 2. The number of nitrogens with zero attached hydrogens (tertiary/aromatic N) is 2. The van der Waals surface area contributed by atoms with Gasteiger partial charge in [0.2, 0.25) is 0 Å². The lowest BCUT2D eigenvalue weighted by molar-refractivity contribution is -0.141. The number of hydrogen-bond acceptors (Lipinski definition) is 3. The number of benzene rings is 2. The zero-order valence-corrected chi connectivity index (χ0v) is 22.8. The maximum absolute atomic E-state index is 13.5. The molecule has 1 amide bonds. The van der Waals surface area contributed by atoms with Crippen molar-refractivity contribution in [2.45, 2.75) is 77.9 Å². The third-order valence-electron chi connectivity index (χ3n) is 9.12. The van der Waals surface area contributed by atoms with Gasteiger partial charge in [-0.05, 0) is 98.2 Å². The molecule has 0 aliphatic heterocycles. The molecular formula is C32H38FN3O2. The molecule has 1 saturated carbocycles. The molecule has 5 nitrogen and oxygen atoms in total. The summed E-state index contributed by atoms with van der Waals surface area (Å²) < 4.78 is 15.4. The number of aryl methyl sites for hydroxylation is 1. The lowest BCUT2D eigenvalue weighted by Gasteiger charge is -2.38. The standard InChI is InChI=1S/C32H38FN3O2/c1-5-32(38,6-2)30(37)35-28(22-9-7-21(3)8-10-22)17-24-11-12-25-18-29-23(19-31(24,25)4)20-34-36(29)27-15-13-26(33)14-16-27/h7-10,13-16,18,20,24,28,38H,5-6,11-12,17,19H2,1-4H3,(H,35,37)/t24-,28?,31-/m1/s1. The highest BCUT2D eigenvalue weighted by Gasteiger charge is 2.46. The number of carbonyl (C=O) groups excluding carboxylic acids is 1. The summed E-state index contributed by atoms with van der Waals surface area (Å²) in [7, 11) is 0. The molecule has 2 N–H and O–H groups in total. The fourth-order valence-corrected chi connectivity index (χ4v) is 6.32. The lowest BCUT2D eigenvalue weighted by atomic mass is 9.68. The summed E-state index contributed by atoms with van der Waals surface area (Å²) in [5.41, 5.74) is 5.37. The topological polar surface area (TPSA) is 67.2 Å². The molecule has 0 radical (unpaired) electrons. The van der Waals surface area contributed by atoms with Crippen molar-refractivity contribution in [2.24, 2.45) is 11.3 Å². The van der Waals surface area contributed by atoms with Crippen molar-refractivity contribution in [2.75, 3.05) is 0 Å². The summed E-state index contributed by atoms with van der Waals surface area (Å²) in [6.45, 7) is 8.11. The van der Waals surface area contributed by atoms with Crippen LogP contribution < -0.4 is 5.32 Å². The van der Waals surface area contributed by atoms with Crippen molar-refractivity contribution in [3.05, 3.63) is 88.5 Å². The van der Waals surface area contributed by atoms with Crippen LogP contribution in [0.1, 0.15) is 81.3 Å². The van der Waals surface area contributed by atoms with E-state index in [4.69, 9.17) is 0 Å². The van der Waals surface area contributed by atoms with Crippen LogP contribution in [0.5, 0.6) is 0 Å². The first-order valence-corrected chi connectivity index (χ1v) is 13.8. The molecule has 1 aromatic heterocycles. The molecular weight excluding hydrogens is 477 g/mol. The van der Waals surface area contributed by atoms with Crippen molar-refractivity contribution in [3.8, 4) is 5.69 Å². The molecule has 3 aromatic rings. The highest BCUT2D eigenvalue weighted by Crippen LogP contribution is 2.55. The molecule has 0 bridgehead atoms. The fourth-order valence-electron chi connectivity index (χ4n) is 6.32. The Bertz CT molecular complexity index is 1340. The number of hydrogen-bond donors (Lipinski definition) is 2. The normalized spacial score (nSPS) is 21.4. The first-order valence-electron chi connectivity index (χ1n) is 13.8. The molecule has 0 saturated heterocycles. The zero-order chi connectivity index (χ0) is 27.1. The molecule has 38 heavy (non-hydrogen) atoms.